The van der Waals surface area contributed by atoms with Gasteiger partial charge < -0.3 is 19.5 Å². The Morgan fingerprint density at radius 2 is 1.93 bits per heavy atom. The number of nitrogens with one attached hydrogen (secondary N) is 1. The van der Waals surface area contributed by atoms with E-state index < -0.39 is 11.6 Å². The van der Waals surface area contributed by atoms with Crippen LogP contribution in [0.3, 0.4) is 0 Å². The van der Waals surface area contributed by atoms with Gasteiger partial charge in [0.25, 0.3) is 5.91 Å². The smallest absolute Gasteiger partial charge is 0.268 e. The highest BCUT2D eigenvalue weighted by Crippen LogP contribution is 2.33. The molecule has 28 heavy (non-hydrogen) atoms. The Labute approximate surface area is 163 Å². The van der Waals surface area contributed by atoms with Gasteiger partial charge in [-0.25, -0.2) is 8.78 Å². The molecule has 1 aromatic carbocycles. The molecule has 1 amide bonds. The molecule has 2 heterocycles. The molecule has 2 aliphatic rings. The van der Waals surface area contributed by atoms with Gasteiger partial charge in [-0.3, -0.25) is 4.79 Å². The van der Waals surface area contributed by atoms with Crippen LogP contribution in [0.1, 0.15) is 40.2 Å². The number of carbonyl (C=O) groups excluding carboxylic acids is 1. The van der Waals surface area contributed by atoms with Gasteiger partial charge in [0.1, 0.15) is 17.3 Å². The number of morpholine rings is 1. The van der Waals surface area contributed by atoms with E-state index in [2.05, 4.69) is 10.2 Å². The topological polar surface area (TPSA) is 46.5 Å². The van der Waals surface area contributed by atoms with E-state index in [1.165, 1.54) is 12.1 Å². The van der Waals surface area contributed by atoms with E-state index in [-0.39, 0.29) is 18.5 Å². The number of rotatable bonds is 5. The van der Waals surface area contributed by atoms with Crippen molar-refractivity contribution >= 4 is 11.6 Å². The second kappa shape index (κ2) is 7.54. The Balaban J connectivity index is 1.76. The Hall–Kier alpha value is -2.41. The van der Waals surface area contributed by atoms with E-state index in [0.29, 0.717) is 24.5 Å². The van der Waals surface area contributed by atoms with Gasteiger partial charge in [0.2, 0.25) is 0 Å². The highest BCUT2D eigenvalue weighted by Gasteiger charge is 2.30. The number of carbonyl (C=O) groups is 1. The number of aromatic nitrogens is 1. The van der Waals surface area contributed by atoms with Crippen LogP contribution < -0.4 is 10.2 Å². The number of hydrogen-bond donors (Lipinski definition) is 1. The second-order valence-corrected chi connectivity index (χ2v) is 7.58. The van der Waals surface area contributed by atoms with Crippen molar-refractivity contribution in [2.75, 3.05) is 31.2 Å². The number of nitrogens with zero attached hydrogens (tertiary/aromatic N) is 2. The molecular weight excluding hydrogens is 364 g/mol. The highest BCUT2D eigenvalue weighted by molar-refractivity contribution is 5.97. The fourth-order valence-electron chi connectivity index (χ4n) is 3.93. The van der Waals surface area contributed by atoms with Gasteiger partial charge >= 0.3 is 0 Å². The van der Waals surface area contributed by atoms with E-state index >= 15 is 0 Å². The predicted molar refractivity (Wildman–Crippen MR) is 103 cm³/mol. The fourth-order valence-corrected chi connectivity index (χ4v) is 3.93. The lowest BCUT2D eigenvalue weighted by molar-refractivity contribution is 0.0941. The molecule has 1 aliphatic heterocycles. The van der Waals surface area contributed by atoms with Crippen LogP contribution in [0, 0.1) is 25.5 Å². The van der Waals surface area contributed by atoms with E-state index in [1.54, 1.807) is 0 Å². The third-order valence-corrected chi connectivity index (χ3v) is 5.53. The normalized spacial score (nSPS) is 17.1. The van der Waals surface area contributed by atoms with Crippen LogP contribution in [0.4, 0.5) is 14.5 Å². The molecule has 1 saturated carbocycles. The number of halogens is 2. The zero-order valence-corrected chi connectivity index (χ0v) is 16.2. The largest absolute Gasteiger partial charge is 0.378 e. The van der Waals surface area contributed by atoms with Gasteiger partial charge in [-0.2, -0.15) is 0 Å². The summed E-state index contributed by atoms with van der Waals surface area (Å²) in [6, 6.07) is 3.80. The van der Waals surface area contributed by atoms with Crippen LogP contribution in [0.25, 0.3) is 0 Å². The number of anilines is 1. The minimum atomic E-state index is -0.609. The second-order valence-electron chi connectivity index (χ2n) is 7.58. The van der Waals surface area contributed by atoms with E-state index in [0.717, 1.165) is 48.9 Å². The zero-order valence-electron chi connectivity index (χ0n) is 16.2. The van der Waals surface area contributed by atoms with E-state index in [4.69, 9.17) is 4.74 Å². The molecule has 4 rings (SSSR count). The number of ether oxygens (including phenoxy) is 1. The van der Waals surface area contributed by atoms with Gasteiger partial charge in [0.15, 0.2) is 0 Å². The molecule has 0 unspecified atom stereocenters. The SMILES string of the molecule is Cc1c(N2CCOCC2)c(C)n(Cc2ccc(F)cc2F)c1C(=O)NC1CC1. The Bertz CT molecular complexity index is 900. The molecule has 1 aromatic heterocycles. The predicted octanol–water partition coefficient (Wildman–Crippen LogP) is 3.16. The third kappa shape index (κ3) is 3.63. The third-order valence-electron chi connectivity index (χ3n) is 5.53. The summed E-state index contributed by atoms with van der Waals surface area (Å²) in [5.41, 5.74) is 3.71. The van der Waals surface area contributed by atoms with Crippen LogP contribution in [0.5, 0.6) is 0 Å². The van der Waals surface area contributed by atoms with Crippen molar-refractivity contribution in [3.8, 4) is 0 Å². The Morgan fingerprint density at radius 1 is 1.21 bits per heavy atom. The maximum atomic E-state index is 14.3. The lowest BCUT2D eigenvalue weighted by Gasteiger charge is -2.29. The van der Waals surface area contributed by atoms with Crippen LogP contribution in [0.15, 0.2) is 18.2 Å². The summed E-state index contributed by atoms with van der Waals surface area (Å²) in [5.74, 6) is -1.35. The Morgan fingerprint density at radius 3 is 2.57 bits per heavy atom. The van der Waals surface area contributed by atoms with Crippen molar-refractivity contribution in [2.45, 2.75) is 39.3 Å². The van der Waals surface area contributed by atoms with Gasteiger partial charge in [0, 0.05) is 42.0 Å². The first kappa shape index (κ1) is 18.9. The average molecular weight is 389 g/mol. The molecular formula is C21H25F2N3O2. The first-order valence-corrected chi connectivity index (χ1v) is 9.73. The molecule has 7 heteroatoms. The molecule has 1 saturated heterocycles. The van der Waals surface area contributed by atoms with E-state index in [9.17, 15) is 13.6 Å². The van der Waals surface area contributed by atoms with Gasteiger partial charge in [0.05, 0.1) is 25.4 Å². The van der Waals surface area contributed by atoms with Crippen LogP contribution in [-0.2, 0) is 11.3 Å². The van der Waals surface area contributed by atoms with Crippen molar-refractivity contribution < 1.29 is 18.3 Å². The maximum absolute atomic E-state index is 14.3. The average Bonchev–Trinajstić information content (AvgIpc) is 3.43. The molecule has 1 N–H and O–H groups in total. The molecule has 150 valence electrons. The Kier molecular flexibility index (Phi) is 5.10. The summed E-state index contributed by atoms with van der Waals surface area (Å²) in [4.78, 5) is 15.2. The zero-order chi connectivity index (χ0) is 19.8. The first-order chi connectivity index (χ1) is 13.5. The molecule has 1 aliphatic carbocycles. The van der Waals surface area contributed by atoms with Crippen molar-refractivity contribution in [1.29, 1.82) is 0 Å². The lowest BCUT2D eigenvalue weighted by atomic mass is 10.1. The molecule has 2 fully saturated rings. The fraction of sp³-hybridized carbons (Fsp3) is 0.476. The van der Waals surface area contributed by atoms with Crippen molar-refractivity contribution in [3.63, 3.8) is 0 Å². The van der Waals surface area contributed by atoms with Crippen LogP contribution in [-0.4, -0.2) is 42.8 Å². The molecule has 0 bridgehead atoms. The quantitative estimate of drug-likeness (QED) is 0.855. The van der Waals surface area contributed by atoms with Crippen molar-refractivity contribution in [3.05, 3.63) is 52.3 Å². The van der Waals surface area contributed by atoms with Gasteiger partial charge in [-0.1, -0.05) is 6.07 Å². The number of benzene rings is 1. The first-order valence-electron chi connectivity index (χ1n) is 9.73. The molecule has 0 atom stereocenters. The minimum Gasteiger partial charge on any atom is -0.378 e. The van der Waals surface area contributed by atoms with Gasteiger partial charge in [-0.15, -0.1) is 0 Å². The molecule has 5 nitrogen and oxygen atoms in total. The van der Waals surface area contributed by atoms with Crippen LogP contribution >= 0.6 is 0 Å². The number of amides is 1. The molecule has 0 spiro atoms. The standard InChI is InChI=1S/C21H25F2N3O2/c1-13-19(25-7-9-28-10-8-25)14(2)26(20(13)21(27)24-17-5-6-17)12-15-3-4-16(22)11-18(15)23/h3-4,11,17H,5-10,12H2,1-2H3,(H,24,27). The van der Waals surface area contributed by atoms with Crippen molar-refractivity contribution in [2.24, 2.45) is 0 Å². The summed E-state index contributed by atoms with van der Waals surface area (Å²) in [6.07, 6.45) is 1.99. The lowest BCUT2D eigenvalue weighted by Crippen LogP contribution is -2.36. The number of hydrogen-bond acceptors (Lipinski definition) is 3. The summed E-state index contributed by atoms with van der Waals surface area (Å²) in [7, 11) is 0. The minimum absolute atomic E-state index is 0.134. The summed E-state index contributed by atoms with van der Waals surface area (Å²) in [5, 5.41) is 3.05. The van der Waals surface area contributed by atoms with E-state index in [1.807, 2.05) is 18.4 Å². The van der Waals surface area contributed by atoms with Crippen LogP contribution in [0.2, 0.25) is 0 Å². The summed E-state index contributed by atoms with van der Waals surface area (Å²) in [6.45, 7) is 6.85. The molecule has 2 aromatic rings. The monoisotopic (exact) mass is 389 g/mol. The maximum Gasteiger partial charge on any atom is 0.268 e. The highest BCUT2D eigenvalue weighted by atomic mass is 19.1. The summed E-state index contributed by atoms with van der Waals surface area (Å²) < 4.78 is 34.9. The van der Waals surface area contributed by atoms with Gasteiger partial charge in [-0.05, 0) is 32.8 Å². The van der Waals surface area contributed by atoms with Crippen molar-refractivity contribution in [1.82, 2.24) is 9.88 Å². The molecule has 0 radical (unpaired) electrons. The summed E-state index contributed by atoms with van der Waals surface area (Å²) >= 11 is 0.